The lowest BCUT2D eigenvalue weighted by atomic mass is 10.2. The molecule has 0 saturated heterocycles. The van der Waals surface area contributed by atoms with E-state index in [9.17, 15) is 9.59 Å². The van der Waals surface area contributed by atoms with Crippen LogP contribution in [0.3, 0.4) is 0 Å². The summed E-state index contributed by atoms with van der Waals surface area (Å²) in [6.45, 7) is 0. The van der Waals surface area contributed by atoms with Gasteiger partial charge >= 0.3 is 0 Å². The fourth-order valence-electron chi connectivity index (χ4n) is 1.47. The number of rotatable bonds is 0. The molecule has 1 N–H and O–H groups in total. The number of fused-ring (bicyclic) bond motifs is 2. The highest BCUT2D eigenvalue weighted by Crippen LogP contribution is 2.36. The van der Waals surface area contributed by atoms with Gasteiger partial charge in [0.15, 0.2) is 0 Å². The number of nitrogens with one attached hydrogen (secondary N) is 1. The Kier molecular flexibility index (Phi) is 1.16. The van der Waals surface area contributed by atoms with Crippen molar-refractivity contribution in [3.63, 3.8) is 0 Å². The number of H-pyrrole nitrogens is 1. The lowest BCUT2D eigenvalue weighted by Crippen LogP contribution is -2.00. The Morgan fingerprint density at radius 1 is 1.07 bits per heavy atom. The first-order chi connectivity index (χ1) is 6.77. The van der Waals surface area contributed by atoms with Crippen LogP contribution in [-0.2, 0) is 0 Å². The molecule has 0 saturated carbocycles. The first-order valence-electron chi connectivity index (χ1n) is 4.14. The van der Waals surface area contributed by atoms with Crippen molar-refractivity contribution < 1.29 is 4.74 Å². The second-order valence-corrected chi connectivity index (χ2v) is 3.09. The van der Waals surface area contributed by atoms with E-state index in [1.54, 1.807) is 24.3 Å². The molecule has 3 rings (SSSR count). The average Bonchev–Trinajstić information content (AvgIpc) is 2.96. The zero-order valence-corrected chi connectivity index (χ0v) is 7.03. The standard InChI is InChI=1S/C10H5NO3/c12-7-5-3-1-2-4-6(5)11-10(13)9-8(7)14-9/h1-4H,(H,11,13). The zero-order chi connectivity index (χ0) is 9.71. The summed E-state index contributed by atoms with van der Waals surface area (Å²) in [4.78, 5) is 25.6. The Hall–Kier alpha value is -2.10. The molecule has 1 aliphatic heterocycles. The smallest absolute Gasteiger partial charge is 0.295 e. The van der Waals surface area contributed by atoms with Crippen LogP contribution in [0.1, 0.15) is 0 Å². The molecule has 0 spiro atoms. The zero-order valence-electron chi connectivity index (χ0n) is 7.03. The van der Waals surface area contributed by atoms with E-state index >= 15 is 0 Å². The van der Waals surface area contributed by atoms with Crippen molar-refractivity contribution in [3.8, 4) is 11.5 Å². The summed E-state index contributed by atoms with van der Waals surface area (Å²) in [6, 6.07) is 6.86. The van der Waals surface area contributed by atoms with E-state index in [0.29, 0.717) is 10.9 Å². The van der Waals surface area contributed by atoms with Gasteiger partial charge in [0.2, 0.25) is 16.9 Å². The summed E-state index contributed by atoms with van der Waals surface area (Å²) in [6.07, 6.45) is 0. The third-order valence-corrected chi connectivity index (χ3v) is 2.20. The molecule has 0 fully saturated rings. The molecular weight excluding hydrogens is 182 g/mol. The Morgan fingerprint density at radius 2 is 1.86 bits per heavy atom. The Bertz CT molecular complexity index is 657. The van der Waals surface area contributed by atoms with E-state index in [2.05, 4.69) is 4.98 Å². The monoisotopic (exact) mass is 187 g/mol. The van der Waals surface area contributed by atoms with E-state index in [4.69, 9.17) is 4.74 Å². The van der Waals surface area contributed by atoms with Gasteiger partial charge in [-0.25, -0.2) is 0 Å². The number of aromatic nitrogens is 1. The quantitative estimate of drug-likeness (QED) is 0.534. The largest absolute Gasteiger partial charge is 0.439 e. The molecule has 0 aliphatic carbocycles. The van der Waals surface area contributed by atoms with Crippen molar-refractivity contribution >= 4 is 10.9 Å². The van der Waals surface area contributed by atoms with Crippen LogP contribution in [0.5, 0.6) is 11.5 Å². The predicted molar refractivity (Wildman–Crippen MR) is 50.9 cm³/mol. The van der Waals surface area contributed by atoms with Gasteiger partial charge in [0.1, 0.15) is 0 Å². The number of benzene rings is 1. The molecule has 0 atom stereocenters. The van der Waals surface area contributed by atoms with Crippen molar-refractivity contribution in [2.75, 3.05) is 0 Å². The maximum atomic E-state index is 11.6. The van der Waals surface area contributed by atoms with Crippen molar-refractivity contribution in [2.24, 2.45) is 0 Å². The second-order valence-electron chi connectivity index (χ2n) is 3.09. The van der Waals surface area contributed by atoms with Gasteiger partial charge in [-0.1, -0.05) is 12.1 Å². The highest BCUT2D eigenvalue weighted by Gasteiger charge is 2.28. The van der Waals surface area contributed by atoms with E-state index < -0.39 is 0 Å². The van der Waals surface area contributed by atoms with Crippen molar-refractivity contribution in [2.45, 2.75) is 0 Å². The first-order valence-corrected chi connectivity index (χ1v) is 4.14. The molecule has 1 aliphatic rings. The third-order valence-electron chi connectivity index (χ3n) is 2.20. The van der Waals surface area contributed by atoms with Crippen LogP contribution in [0.15, 0.2) is 33.9 Å². The molecule has 4 nitrogen and oxygen atoms in total. The number of para-hydroxylation sites is 1. The van der Waals surface area contributed by atoms with E-state index in [-0.39, 0.29) is 22.5 Å². The van der Waals surface area contributed by atoms with Gasteiger partial charge in [-0.2, -0.15) is 0 Å². The van der Waals surface area contributed by atoms with Crippen molar-refractivity contribution in [1.82, 2.24) is 4.98 Å². The summed E-state index contributed by atoms with van der Waals surface area (Å²) in [5.74, 6) is 0.318. The highest BCUT2D eigenvalue weighted by atomic mass is 16.6. The third kappa shape index (κ3) is 0.821. The molecule has 0 bridgehead atoms. The van der Waals surface area contributed by atoms with Crippen LogP contribution in [0.25, 0.3) is 10.9 Å². The Morgan fingerprint density at radius 3 is 2.71 bits per heavy atom. The maximum absolute atomic E-state index is 11.6. The molecule has 0 unspecified atom stereocenters. The molecule has 4 heteroatoms. The molecule has 1 aromatic carbocycles. The summed E-state index contributed by atoms with van der Waals surface area (Å²) < 4.78 is 4.81. The fraction of sp³-hybridized carbons (Fsp3) is 0. The summed E-state index contributed by atoms with van der Waals surface area (Å²) in [5.41, 5.74) is -0.0365. The number of aromatic amines is 1. The summed E-state index contributed by atoms with van der Waals surface area (Å²) in [7, 11) is 0. The molecule has 2 aromatic rings. The SMILES string of the molecule is O=c1[nH]c2ccccc2c(=O)c2c1O2. The number of ether oxygens (including phenoxy) is 1. The normalized spacial score (nSPS) is 12.0. The van der Waals surface area contributed by atoms with Gasteiger partial charge in [0.05, 0.1) is 5.52 Å². The molecule has 0 radical (unpaired) electrons. The van der Waals surface area contributed by atoms with Gasteiger partial charge < -0.3 is 9.72 Å². The molecule has 68 valence electrons. The van der Waals surface area contributed by atoms with Crippen LogP contribution < -0.4 is 15.7 Å². The first kappa shape index (κ1) is 7.32. The summed E-state index contributed by atoms with van der Waals surface area (Å²) >= 11 is 0. The number of hydrogen-bond acceptors (Lipinski definition) is 3. The van der Waals surface area contributed by atoms with Crippen molar-refractivity contribution in [3.05, 3.63) is 44.8 Å². The lowest BCUT2D eigenvalue weighted by Gasteiger charge is -1.88. The minimum atomic E-state index is -0.349. The molecule has 1 aromatic heterocycles. The second kappa shape index (κ2) is 2.23. The van der Waals surface area contributed by atoms with Crippen LogP contribution in [-0.4, -0.2) is 4.98 Å². The average molecular weight is 187 g/mol. The van der Waals surface area contributed by atoms with Crippen LogP contribution in [0, 0.1) is 0 Å². The molecule has 0 amide bonds. The van der Waals surface area contributed by atoms with E-state index in [1.807, 2.05) is 0 Å². The van der Waals surface area contributed by atoms with Crippen LogP contribution >= 0.6 is 0 Å². The molecule has 14 heavy (non-hydrogen) atoms. The predicted octanol–water partition coefficient (Wildman–Crippen LogP) is 0.994. The van der Waals surface area contributed by atoms with Crippen LogP contribution in [0.4, 0.5) is 0 Å². The maximum Gasteiger partial charge on any atom is 0.295 e. The molecular formula is C10H5NO3. The molecule has 2 heterocycles. The summed E-state index contributed by atoms with van der Waals surface area (Å²) in [5, 5.41) is 0.475. The van der Waals surface area contributed by atoms with E-state index in [0.717, 1.165) is 0 Å². The number of hydrogen-bond donors (Lipinski definition) is 1. The fourth-order valence-corrected chi connectivity index (χ4v) is 1.47. The van der Waals surface area contributed by atoms with Crippen LogP contribution in [0.2, 0.25) is 0 Å². The van der Waals surface area contributed by atoms with Gasteiger partial charge in [-0.3, -0.25) is 9.59 Å². The minimum Gasteiger partial charge on any atom is -0.439 e. The van der Waals surface area contributed by atoms with E-state index in [1.165, 1.54) is 0 Å². The topological polar surface area (TPSA) is 62.5 Å². The van der Waals surface area contributed by atoms with Gasteiger partial charge in [-0.15, -0.1) is 0 Å². The van der Waals surface area contributed by atoms with Crippen molar-refractivity contribution in [1.29, 1.82) is 0 Å². The van der Waals surface area contributed by atoms with Gasteiger partial charge in [0.25, 0.3) is 5.56 Å². The Labute approximate surface area is 77.8 Å². The lowest BCUT2D eigenvalue weighted by molar-refractivity contribution is 0.639. The Balaban J connectivity index is 2.70. The van der Waals surface area contributed by atoms with Gasteiger partial charge in [-0.05, 0) is 12.1 Å². The highest BCUT2D eigenvalue weighted by molar-refractivity contribution is 5.81. The van der Waals surface area contributed by atoms with Gasteiger partial charge in [0, 0.05) is 5.39 Å². The minimum absolute atomic E-state index is 0.145.